The van der Waals surface area contributed by atoms with Crippen molar-refractivity contribution in [3.05, 3.63) is 41.5 Å². The summed E-state index contributed by atoms with van der Waals surface area (Å²) in [4.78, 5) is 6.77. The number of rotatable bonds is 5. The van der Waals surface area contributed by atoms with Crippen molar-refractivity contribution in [2.45, 2.75) is 32.5 Å². The van der Waals surface area contributed by atoms with Gasteiger partial charge in [-0.15, -0.1) is 5.10 Å². The normalized spacial score (nSPS) is 18.7. The molecular weight excluding hydrogens is 266 g/mol. The number of hydrogen-bond donors (Lipinski definition) is 0. The largest absolute Gasteiger partial charge is 0.384 e. The second-order valence-corrected chi connectivity index (χ2v) is 5.38. The van der Waals surface area contributed by atoms with E-state index in [0.29, 0.717) is 12.5 Å². The minimum atomic E-state index is 0.317. The van der Waals surface area contributed by atoms with E-state index in [1.165, 1.54) is 5.69 Å². The first-order chi connectivity index (χ1) is 10.3. The summed E-state index contributed by atoms with van der Waals surface area (Å²) in [7, 11) is 1.75. The highest BCUT2D eigenvalue weighted by Gasteiger charge is 2.30. The molecule has 6 heteroatoms. The van der Waals surface area contributed by atoms with Crippen molar-refractivity contribution in [3.63, 3.8) is 0 Å². The highest BCUT2D eigenvalue weighted by Crippen LogP contribution is 2.27. The highest BCUT2D eigenvalue weighted by molar-refractivity contribution is 5.20. The van der Waals surface area contributed by atoms with E-state index in [1.807, 2.05) is 23.0 Å². The van der Waals surface area contributed by atoms with Crippen molar-refractivity contribution in [1.82, 2.24) is 24.9 Å². The van der Waals surface area contributed by atoms with Crippen molar-refractivity contribution >= 4 is 0 Å². The third kappa shape index (κ3) is 2.96. The Morgan fingerprint density at radius 3 is 3.00 bits per heavy atom. The summed E-state index contributed by atoms with van der Waals surface area (Å²) >= 11 is 0. The van der Waals surface area contributed by atoms with E-state index in [9.17, 15) is 0 Å². The summed E-state index contributed by atoms with van der Waals surface area (Å²) in [5.74, 6) is 0.317. The lowest BCUT2D eigenvalue weighted by atomic mass is 9.98. The number of pyridine rings is 1. The molecular formula is C15H21N5O. The first-order valence-electron chi connectivity index (χ1n) is 7.35. The number of ether oxygens (including phenoxy) is 1. The molecule has 0 N–H and O–H groups in total. The Kier molecular flexibility index (Phi) is 4.26. The molecule has 6 nitrogen and oxygen atoms in total. The monoisotopic (exact) mass is 287 g/mol. The lowest BCUT2D eigenvalue weighted by Gasteiger charge is -2.31. The van der Waals surface area contributed by atoms with Crippen molar-refractivity contribution in [2.75, 3.05) is 20.3 Å². The standard InChI is InChI=1S/C15H21N5O/c1-3-20-15-12(11-21-2)8-19(10-14(15)17-18-20)9-13-6-4-5-7-16-13/h4-7,12H,3,8-11H2,1-2H3. The minimum Gasteiger partial charge on any atom is -0.384 e. The van der Waals surface area contributed by atoms with Crippen LogP contribution < -0.4 is 0 Å². The molecule has 2 aromatic heterocycles. The van der Waals surface area contributed by atoms with E-state index in [1.54, 1.807) is 7.11 Å². The maximum Gasteiger partial charge on any atom is 0.100 e. The van der Waals surface area contributed by atoms with Crippen LogP contribution in [0.25, 0.3) is 0 Å². The van der Waals surface area contributed by atoms with Gasteiger partial charge in [0.15, 0.2) is 0 Å². The van der Waals surface area contributed by atoms with Gasteiger partial charge in [0.1, 0.15) is 5.69 Å². The predicted octanol–water partition coefficient (Wildman–Crippen LogP) is 1.44. The van der Waals surface area contributed by atoms with Crippen LogP contribution >= 0.6 is 0 Å². The number of fused-ring (bicyclic) bond motifs is 1. The van der Waals surface area contributed by atoms with E-state index in [4.69, 9.17) is 4.74 Å². The molecule has 0 saturated carbocycles. The SMILES string of the molecule is CCn1nnc2c1C(COC)CN(Cc1ccccn1)C2. The van der Waals surface area contributed by atoms with Gasteiger partial charge < -0.3 is 4.74 Å². The van der Waals surface area contributed by atoms with Gasteiger partial charge in [-0.25, -0.2) is 4.68 Å². The van der Waals surface area contributed by atoms with Gasteiger partial charge in [-0.2, -0.15) is 0 Å². The van der Waals surface area contributed by atoms with E-state index >= 15 is 0 Å². The van der Waals surface area contributed by atoms with Crippen molar-refractivity contribution in [2.24, 2.45) is 0 Å². The molecule has 1 aliphatic heterocycles. The Morgan fingerprint density at radius 2 is 2.29 bits per heavy atom. The molecule has 0 radical (unpaired) electrons. The highest BCUT2D eigenvalue weighted by atomic mass is 16.5. The van der Waals surface area contributed by atoms with Crippen LogP contribution in [-0.4, -0.2) is 45.1 Å². The summed E-state index contributed by atoms with van der Waals surface area (Å²) in [5, 5.41) is 8.61. The van der Waals surface area contributed by atoms with Crippen LogP contribution in [0.5, 0.6) is 0 Å². The molecule has 0 aliphatic carbocycles. The van der Waals surface area contributed by atoms with Crippen LogP contribution in [-0.2, 0) is 24.4 Å². The van der Waals surface area contributed by atoms with E-state index < -0.39 is 0 Å². The summed E-state index contributed by atoms with van der Waals surface area (Å²) in [5.41, 5.74) is 3.39. The van der Waals surface area contributed by atoms with Gasteiger partial charge in [0.25, 0.3) is 0 Å². The number of aryl methyl sites for hydroxylation is 1. The minimum absolute atomic E-state index is 0.317. The topological polar surface area (TPSA) is 56.1 Å². The molecule has 3 heterocycles. The van der Waals surface area contributed by atoms with E-state index in [2.05, 4.69) is 33.2 Å². The maximum absolute atomic E-state index is 5.39. The Bertz CT molecular complexity index is 583. The Morgan fingerprint density at radius 1 is 1.38 bits per heavy atom. The van der Waals surface area contributed by atoms with Gasteiger partial charge in [-0.1, -0.05) is 11.3 Å². The van der Waals surface area contributed by atoms with Gasteiger partial charge in [0.05, 0.1) is 18.0 Å². The molecule has 2 aromatic rings. The molecule has 1 unspecified atom stereocenters. The zero-order valence-electron chi connectivity index (χ0n) is 12.6. The first kappa shape index (κ1) is 14.2. The van der Waals surface area contributed by atoms with Gasteiger partial charge in [0, 0.05) is 45.4 Å². The molecule has 0 fully saturated rings. The number of hydrogen-bond acceptors (Lipinski definition) is 5. The van der Waals surface area contributed by atoms with Crippen LogP contribution in [0, 0.1) is 0 Å². The average Bonchev–Trinajstić information content (AvgIpc) is 2.92. The lowest BCUT2D eigenvalue weighted by Crippen LogP contribution is -2.36. The van der Waals surface area contributed by atoms with E-state index in [0.717, 1.165) is 37.6 Å². The number of methoxy groups -OCH3 is 1. The fourth-order valence-corrected chi connectivity index (χ4v) is 3.00. The molecule has 0 amide bonds. The zero-order valence-corrected chi connectivity index (χ0v) is 12.6. The number of nitrogens with zero attached hydrogens (tertiary/aromatic N) is 5. The molecule has 0 aromatic carbocycles. The predicted molar refractivity (Wildman–Crippen MR) is 78.7 cm³/mol. The summed E-state index contributed by atoms with van der Waals surface area (Å²) < 4.78 is 7.39. The average molecular weight is 287 g/mol. The second kappa shape index (κ2) is 6.32. The summed E-state index contributed by atoms with van der Waals surface area (Å²) in [6.07, 6.45) is 1.84. The molecule has 21 heavy (non-hydrogen) atoms. The molecule has 0 spiro atoms. The van der Waals surface area contributed by atoms with Crippen LogP contribution in [0.3, 0.4) is 0 Å². The molecule has 1 atom stereocenters. The molecule has 3 rings (SSSR count). The smallest absolute Gasteiger partial charge is 0.100 e. The number of aromatic nitrogens is 4. The van der Waals surface area contributed by atoms with Crippen LogP contribution in [0.15, 0.2) is 24.4 Å². The Hall–Kier alpha value is -1.79. The van der Waals surface area contributed by atoms with Crippen molar-refractivity contribution in [3.8, 4) is 0 Å². The quantitative estimate of drug-likeness (QED) is 0.833. The molecule has 0 bridgehead atoms. The summed E-state index contributed by atoms with van der Waals surface area (Å²) in [6, 6.07) is 6.03. The molecule has 112 valence electrons. The van der Waals surface area contributed by atoms with E-state index in [-0.39, 0.29) is 0 Å². The van der Waals surface area contributed by atoms with Gasteiger partial charge in [0.2, 0.25) is 0 Å². The van der Waals surface area contributed by atoms with Crippen LogP contribution in [0.1, 0.15) is 29.9 Å². The molecule has 1 aliphatic rings. The Balaban J connectivity index is 1.81. The fourth-order valence-electron chi connectivity index (χ4n) is 3.00. The van der Waals surface area contributed by atoms with Crippen LogP contribution in [0.2, 0.25) is 0 Å². The molecule has 0 saturated heterocycles. The maximum atomic E-state index is 5.39. The lowest BCUT2D eigenvalue weighted by molar-refractivity contribution is 0.131. The first-order valence-corrected chi connectivity index (χ1v) is 7.35. The van der Waals surface area contributed by atoms with Crippen LogP contribution in [0.4, 0.5) is 0 Å². The second-order valence-electron chi connectivity index (χ2n) is 5.38. The fraction of sp³-hybridized carbons (Fsp3) is 0.533. The van der Waals surface area contributed by atoms with Crippen molar-refractivity contribution < 1.29 is 4.74 Å². The van der Waals surface area contributed by atoms with Gasteiger partial charge in [-0.3, -0.25) is 9.88 Å². The van der Waals surface area contributed by atoms with Gasteiger partial charge in [-0.05, 0) is 19.1 Å². The Labute approximate surface area is 124 Å². The third-order valence-corrected chi connectivity index (χ3v) is 3.86. The zero-order chi connectivity index (χ0) is 14.7. The summed E-state index contributed by atoms with van der Waals surface area (Å²) in [6.45, 7) is 6.25. The van der Waals surface area contributed by atoms with Crippen molar-refractivity contribution in [1.29, 1.82) is 0 Å². The third-order valence-electron chi connectivity index (χ3n) is 3.86. The van der Waals surface area contributed by atoms with Gasteiger partial charge >= 0.3 is 0 Å².